The van der Waals surface area contributed by atoms with Crippen LogP contribution in [0.4, 0.5) is 5.69 Å². The molecule has 5 rings (SSSR count). The molecule has 0 bridgehead atoms. The lowest BCUT2D eigenvalue weighted by Gasteiger charge is -2.14. The zero-order chi connectivity index (χ0) is 18.2. The predicted molar refractivity (Wildman–Crippen MR) is 109 cm³/mol. The molecule has 4 aromatic rings. The summed E-state index contributed by atoms with van der Waals surface area (Å²) in [5, 5.41) is 9.98. The van der Waals surface area contributed by atoms with Crippen molar-refractivity contribution in [2.75, 3.05) is 4.72 Å². The summed E-state index contributed by atoms with van der Waals surface area (Å²) < 4.78 is 7.45. The number of aromatic nitrogens is 5. The molecule has 7 heteroatoms. The van der Waals surface area contributed by atoms with E-state index in [0.717, 1.165) is 40.1 Å². The lowest BCUT2D eigenvalue weighted by Crippen LogP contribution is -2.11. The number of nitrogens with zero attached hydrogens (tertiary/aromatic N) is 5. The summed E-state index contributed by atoms with van der Waals surface area (Å²) >= 11 is 1.56. The molecule has 1 aromatic carbocycles. The molecular weight excluding hydrogens is 356 g/mol. The maximum absolute atomic E-state index is 4.68. The summed E-state index contributed by atoms with van der Waals surface area (Å²) in [5.41, 5.74) is 5.62. The molecule has 1 aliphatic heterocycles. The number of para-hydroxylation sites is 1. The van der Waals surface area contributed by atoms with Gasteiger partial charge < -0.3 is 4.72 Å². The van der Waals surface area contributed by atoms with Crippen LogP contribution in [0.25, 0.3) is 22.2 Å². The van der Waals surface area contributed by atoms with Gasteiger partial charge in [-0.2, -0.15) is 10.2 Å². The third-order valence-electron chi connectivity index (χ3n) is 5.03. The van der Waals surface area contributed by atoms with Gasteiger partial charge in [-0.05, 0) is 49.4 Å². The molecule has 27 heavy (non-hydrogen) atoms. The molecule has 0 atom stereocenters. The Morgan fingerprint density at radius 2 is 2.00 bits per heavy atom. The number of pyridine rings is 1. The molecule has 4 heterocycles. The highest BCUT2D eigenvalue weighted by molar-refractivity contribution is 8.00. The summed E-state index contributed by atoms with van der Waals surface area (Å²) in [5.74, 6) is 0. The topological polar surface area (TPSA) is 60.6 Å². The van der Waals surface area contributed by atoms with Crippen LogP contribution in [0.2, 0.25) is 0 Å². The fourth-order valence-corrected chi connectivity index (χ4v) is 4.30. The van der Waals surface area contributed by atoms with E-state index in [0.29, 0.717) is 0 Å². The molecule has 0 aliphatic carbocycles. The Kier molecular flexibility index (Phi) is 4.09. The summed E-state index contributed by atoms with van der Waals surface area (Å²) in [6.45, 7) is 1.02. The zero-order valence-electron chi connectivity index (χ0n) is 15.1. The first-order valence-electron chi connectivity index (χ1n) is 9.14. The van der Waals surface area contributed by atoms with Crippen molar-refractivity contribution < 1.29 is 0 Å². The Hall–Kier alpha value is -2.80. The van der Waals surface area contributed by atoms with Crippen LogP contribution >= 0.6 is 11.9 Å². The molecule has 0 saturated heterocycles. The first-order valence-corrected chi connectivity index (χ1v) is 9.96. The van der Waals surface area contributed by atoms with Crippen LogP contribution in [-0.2, 0) is 20.0 Å². The van der Waals surface area contributed by atoms with Gasteiger partial charge in [0.25, 0.3) is 0 Å². The molecular formula is C20H20N6S. The van der Waals surface area contributed by atoms with Crippen molar-refractivity contribution in [3.05, 3.63) is 54.6 Å². The maximum Gasteiger partial charge on any atom is 0.0918 e. The van der Waals surface area contributed by atoms with E-state index in [4.69, 9.17) is 0 Å². The standard InChI is InChI=1S/C20H20N6S/c1-25-20-14(11-22-25)5-4-6-18(20)24-27-15-8-9-17(21-12-15)16-13-23-26-10-3-2-7-19(16)26/h4-6,8-9,11-13,24H,2-3,7,10H2,1H3. The van der Waals surface area contributed by atoms with Gasteiger partial charge in [0, 0.05) is 41.3 Å². The lowest BCUT2D eigenvalue weighted by atomic mass is 10.0. The van der Waals surface area contributed by atoms with E-state index in [1.165, 1.54) is 24.1 Å². The van der Waals surface area contributed by atoms with Gasteiger partial charge >= 0.3 is 0 Å². The summed E-state index contributed by atoms with van der Waals surface area (Å²) in [6, 6.07) is 10.4. The molecule has 3 aromatic heterocycles. The van der Waals surface area contributed by atoms with Gasteiger partial charge in [-0.3, -0.25) is 14.3 Å². The van der Waals surface area contributed by atoms with Crippen molar-refractivity contribution in [3.63, 3.8) is 0 Å². The molecule has 136 valence electrons. The van der Waals surface area contributed by atoms with Crippen molar-refractivity contribution in [3.8, 4) is 11.3 Å². The van der Waals surface area contributed by atoms with Crippen LogP contribution in [0.5, 0.6) is 0 Å². The van der Waals surface area contributed by atoms with E-state index < -0.39 is 0 Å². The Morgan fingerprint density at radius 3 is 2.89 bits per heavy atom. The number of fused-ring (bicyclic) bond motifs is 2. The summed E-state index contributed by atoms with van der Waals surface area (Å²) in [4.78, 5) is 5.75. The summed E-state index contributed by atoms with van der Waals surface area (Å²) in [7, 11) is 1.96. The second kappa shape index (κ2) is 6.74. The van der Waals surface area contributed by atoms with Crippen LogP contribution < -0.4 is 4.72 Å². The average Bonchev–Trinajstić information content (AvgIpc) is 3.31. The SMILES string of the molecule is Cn1ncc2cccc(NSc3ccc(-c4cnn5c4CCCC5)nc3)c21. The molecule has 6 nitrogen and oxygen atoms in total. The first-order chi connectivity index (χ1) is 13.3. The van der Waals surface area contributed by atoms with Gasteiger partial charge in [0.2, 0.25) is 0 Å². The molecule has 0 unspecified atom stereocenters. The minimum atomic E-state index is 0.997. The fourth-order valence-electron chi connectivity index (χ4n) is 3.66. The van der Waals surface area contributed by atoms with Crippen molar-refractivity contribution >= 4 is 28.5 Å². The van der Waals surface area contributed by atoms with Crippen molar-refractivity contribution in [1.82, 2.24) is 24.5 Å². The molecule has 1 N–H and O–H groups in total. The van der Waals surface area contributed by atoms with Crippen LogP contribution in [0, 0.1) is 0 Å². The van der Waals surface area contributed by atoms with E-state index in [9.17, 15) is 0 Å². The molecule has 0 saturated carbocycles. The Bertz CT molecular complexity index is 1100. The molecule has 1 aliphatic rings. The third kappa shape index (κ3) is 2.98. The highest BCUT2D eigenvalue weighted by Gasteiger charge is 2.16. The highest BCUT2D eigenvalue weighted by atomic mass is 32.2. The average molecular weight is 376 g/mol. The quantitative estimate of drug-likeness (QED) is 0.539. The van der Waals surface area contributed by atoms with Crippen molar-refractivity contribution in [2.45, 2.75) is 30.7 Å². The zero-order valence-corrected chi connectivity index (χ0v) is 15.9. The van der Waals surface area contributed by atoms with E-state index in [-0.39, 0.29) is 0 Å². The molecule has 0 amide bonds. The summed E-state index contributed by atoms with van der Waals surface area (Å²) in [6.07, 6.45) is 9.29. The van der Waals surface area contributed by atoms with Gasteiger partial charge in [0.15, 0.2) is 0 Å². The monoisotopic (exact) mass is 376 g/mol. The smallest absolute Gasteiger partial charge is 0.0918 e. The van der Waals surface area contributed by atoms with Gasteiger partial charge in [0.05, 0.1) is 29.3 Å². The Labute approximate surface area is 161 Å². The van der Waals surface area contributed by atoms with Crippen LogP contribution in [0.3, 0.4) is 0 Å². The number of benzene rings is 1. The van der Waals surface area contributed by atoms with E-state index in [1.807, 2.05) is 36.4 Å². The second-order valence-corrected chi connectivity index (χ2v) is 7.66. The van der Waals surface area contributed by atoms with Gasteiger partial charge in [-0.15, -0.1) is 0 Å². The van der Waals surface area contributed by atoms with E-state index in [1.54, 1.807) is 11.9 Å². The largest absolute Gasteiger partial charge is 0.324 e. The molecule has 0 radical (unpaired) electrons. The number of rotatable bonds is 4. The number of aryl methyl sites for hydroxylation is 2. The number of anilines is 1. The van der Waals surface area contributed by atoms with Gasteiger partial charge in [0.1, 0.15) is 0 Å². The minimum absolute atomic E-state index is 0.997. The van der Waals surface area contributed by atoms with Gasteiger partial charge in [-0.1, -0.05) is 12.1 Å². The first kappa shape index (κ1) is 16.4. The second-order valence-electron chi connectivity index (χ2n) is 6.78. The number of hydrogen-bond donors (Lipinski definition) is 1. The Balaban J connectivity index is 1.35. The van der Waals surface area contributed by atoms with Crippen molar-refractivity contribution in [1.29, 1.82) is 0 Å². The molecule has 0 fully saturated rings. The van der Waals surface area contributed by atoms with Crippen LogP contribution in [0.1, 0.15) is 18.5 Å². The predicted octanol–water partition coefficient (Wildman–Crippen LogP) is 4.29. The number of nitrogens with one attached hydrogen (secondary N) is 1. The Morgan fingerprint density at radius 1 is 1.04 bits per heavy atom. The van der Waals surface area contributed by atoms with Crippen LogP contribution in [-0.4, -0.2) is 24.5 Å². The number of hydrogen-bond acceptors (Lipinski definition) is 5. The normalized spacial score (nSPS) is 13.7. The fraction of sp³-hybridized carbons (Fsp3) is 0.250. The van der Waals surface area contributed by atoms with Gasteiger partial charge in [-0.25, -0.2) is 0 Å². The van der Waals surface area contributed by atoms with E-state index in [2.05, 4.69) is 48.9 Å². The minimum Gasteiger partial charge on any atom is -0.324 e. The molecule has 0 spiro atoms. The lowest BCUT2D eigenvalue weighted by molar-refractivity contribution is 0.487. The van der Waals surface area contributed by atoms with Crippen molar-refractivity contribution in [2.24, 2.45) is 7.05 Å². The van der Waals surface area contributed by atoms with Crippen LogP contribution in [0.15, 0.2) is 53.8 Å². The maximum atomic E-state index is 4.68. The highest BCUT2D eigenvalue weighted by Crippen LogP contribution is 2.30. The third-order valence-corrected chi connectivity index (χ3v) is 5.83. The van der Waals surface area contributed by atoms with E-state index >= 15 is 0 Å².